The highest BCUT2D eigenvalue weighted by Crippen LogP contribution is 2.22. The quantitative estimate of drug-likeness (QED) is 0.758. The monoisotopic (exact) mass is 377 g/mol. The van der Waals surface area contributed by atoms with E-state index in [0.29, 0.717) is 24.2 Å². The topological polar surface area (TPSA) is 80.1 Å². The number of aromatic nitrogens is 3. The third-order valence-corrected chi connectivity index (χ3v) is 5.21. The van der Waals surface area contributed by atoms with Crippen LogP contribution in [-0.2, 0) is 18.4 Å². The molecular weight excluding hydrogens is 354 g/mol. The fourth-order valence-electron chi connectivity index (χ4n) is 3.65. The van der Waals surface area contributed by atoms with Crippen molar-refractivity contribution in [1.29, 1.82) is 0 Å². The summed E-state index contributed by atoms with van der Waals surface area (Å²) in [6, 6.07) is 9.62. The first-order valence-electron chi connectivity index (χ1n) is 9.42. The molecule has 0 unspecified atom stereocenters. The molecule has 3 aromatic rings. The summed E-state index contributed by atoms with van der Waals surface area (Å²) < 4.78 is 1.73. The first-order valence-corrected chi connectivity index (χ1v) is 9.42. The van der Waals surface area contributed by atoms with Crippen molar-refractivity contribution in [3.05, 3.63) is 52.8 Å². The number of hydrogen-bond acceptors (Lipinski definition) is 4. The van der Waals surface area contributed by atoms with Crippen LogP contribution in [0.1, 0.15) is 40.2 Å². The van der Waals surface area contributed by atoms with Crippen molar-refractivity contribution in [3.63, 3.8) is 0 Å². The van der Waals surface area contributed by atoms with E-state index >= 15 is 0 Å². The number of nitrogens with one attached hydrogen (secondary N) is 1. The lowest BCUT2D eigenvalue weighted by molar-refractivity contribution is -0.117. The molecule has 0 saturated carbocycles. The van der Waals surface area contributed by atoms with E-state index in [-0.39, 0.29) is 11.8 Å². The molecule has 0 spiro atoms. The minimum atomic E-state index is -0.158. The molecule has 1 N–H and O–H groups in total. The number of fused-ring (bicyclic) bond motifs is 1. The molecule has 0 radical (unpaired) electrons. The van der Waals surface area contributed by atoms with Gasteiger partial charge in [0.05, 0.1) is 17.0 Å². The molecular formula is C21H23N5O2. The fourth-order valence-corrected chi connectivity index (χ4v) is 3.65. The van der Waals surface area contributed by atoms with Crippen LogP contribution in [0.5, 0.6) is 0 Å². The third kappa shape index (κ3) is 3.24. The molecule has 0 bridgehead atoms. The Labute approximate surface area is 163 Å². The summed E-state index contributed by atoms with van der Waals surface area (Å²) in [6.45, 7) is 4.93. The van der Waals surface area contributed by atoms with Crippen LogP contribution in [0.15, 0.2) is 30.3 Å². The number of amides is 2. The van der Waals surface area contributed by atoms with Gasteiger partial charge in [-0.1, -0.05) is 12.1 Å². The highest BCUT2D eigenvalue weighted by molar-refractivity contribution is 5.98. The highest BCUT2D eigenvalue weighted by Gasteiger charge is 2.21. The van der Waals surface area contributed by atoms with Gasteiger partial charge in [-0.05, 0) is 44.0 Å². The lowest BCUT2D eigenvalue weighted by atomic mass is 10.1. The Bertz CT molecular complexity index is 1070. The fraction of sp³-hybridized carbons (Fsp3) is 0.333. The van der Waals surface area contributed by atoms with Crippen molar-refractivity contribution in [3.8, 4) is 0 Å². The third-order valence-electron chi connectivity index (χ3n) is 5.21. The first-order chi connectivity index (χ1) is 13.4. The van der Waals surface area contributed by atoms with E-state index in [9.17, 15) is 9.59 Å². The van der Waals surface area contributed by atoms with E-state index in [1.54, 1.807) is 4.68 Å². The Morgan fingerprint density at radius 2 is 1.93 bits per heavy atom. The number of aryl methyl sites for hydroxylation is 3. The van der Waals surface area contributed by atoms with Crippen molar-refractivity contribution in [2.45, 2.75) is 33.2 Å². The van der Waals surface area contributed by atoms with Gasteiger partial charge in [-0.15, -0.1) is 0 Å². The molecule has 3 heterocycles. The van der Waals surface area contributed by atoms with Crippen LogP contribution < -0.4 is 10.2 Å². The van der Waals surface area contributed by atoms with E-state index < -0.39 is 0 Å². The predicted molar refractivity (Wildman–Crippen MR) is 107 cm³/mol. The average molecular weight is 377 g/mol. The molecule has 2 amide bonds. The van der Waals surface area contributed by atoms with Crippen molar-refractivity contribution < 1.29 is 9.59 Å². The van der Waals surface area contributed by atoms with Gasteiger partial charge >= 0.3 is 0 Å². The molecule has 0 atom stereocenters. The van der Waals surface area contributed by atoms with Crippen LogP contribution in [0.4, 0.5) is 5.69 Å². The summed E-state index contributed by atoms with van der Waals surface area (Å²) in [4.78, 5) is 30.9. The number of anilines is 1. The van der Waals surface area contributed by atoms with E-state index in [0.717, 1.165) is 40.9 Å². The summed E-state index contributed by atoms with van der Waals surface area (Å²) in [5.74, 6) is 0.0130. The maximum absolute atomic E-state index is 12.7. The van der Waals surface area contributed by atoms with Crippen molar-refractivity contribution in [2.24, 2.45) is 7.05 Å². The molecule has 1 saturated heterocycles. The Hall–Kier alpha value is -3.22. The number of nitrogens with zero attached hydrogens (tertiary/aromatic N) is 4. The van der Waals surface area contributed by atoms with Gasteiger partial charge in [-0.2, -0.15) is 5.10 Å². The number of hydrogen-bond donors (Lipinski definition) is 1. The van der Waals surface area contributed by atoms with Crippen LogP contribution in [0.25, 0.3) is 11.0 Å². The van der Waals surface area contributed by atoms with Gasteiger partial charge in [0.25, 0.3) is 5.91 Å². The number of carbonyl (C=O) groups excluding carboxylic acids is 2. The molecule has 1 aliphatic rings. The summed E-state index contributed by atoms with van der Waals surface area (Å²) in [6.07, 6.45) is 1.52. The smallest absolute Gasteiger partial charge is 0.253 e. The second-order valence-electron chi connectivity index (χ2n) is 7.20. The Morgan fingerprint density at radius 1 is 1.18 bits per heavy atom. The van der Waals surface area contributed by atoms with Crippen LogP contribution in [0.2, 0.25) is 0 Å². The number of benzene rings is 1. The lowest BCUT2D eigenvalue weighted by Crippen LogP contribution is -2.25. The van der Waals surface area contributed by atoms with E-state index in [1.807, 2.05) is 56.1 Å². The van der Waals surface area contributed by atoms with Gasteiger partial charge in [0, 0.05) is 37.6 Å². The molecule has 7 heteroatoms. The minimum Gasteiger partial charge on any atom is -0.348 e. The SMILES string of the molecule is Cc1nc2c(cc1C(=O)NCc1ccc(N3CCCC3=O)cc1)c(C)nn2C. The molecule has 2 aromatic heterocycles. The number of carbonyl (C=O) groups is 2. The normalized spacial score (nSPS) is 14.1. The summed E-state index contributed by atoms with van der Waals surface area (Å²) in [7, 11) is 1.85. The summed E-state index contributed by atoms with van der Waals surface area (Å²) >= 11 is 0. The van der Waals surface area contributed by atoms with Crippen LogP contribution in [0.3, 0.4) is 0 Å². The van der Waals surface area contributed by atoms with Gasteiger partial charge in [0.15, 0.2) is 5.65 Å². The molecule has 0 aliphatic carbocycles. The van der Waals surface area contributed by atoms with Gasteiger partial charge in [0.2, 0.25) is 5.91 Å². The van der Waals surface area contributed by atoms with Gasteiger partial charge in [0.1, 0.15) is 0 Å². The maximum Gasteiger partial charge on any atom is 0.253 e. The Balaban J connectivity index is 1.47. The molecule has 144 valence electrons. The van der Waals surface area contributed by atoms with E-state index in [4.69, 9.17) is 0 Å². The van der Waals surface area contributed by atoms with E-state index in [1.165, 1.54) is 0 Å². The largest absolute Gasteiger partial charge is 0.348 e. The zero-order valence-electron chi connectivity index (χ0n) is 16.3. The molecule has 7 nitrogen and oxygen atoms in total. The summed E-state index contributed by atoms with van der Waals surface area (Å²) in [5, 5.41) is 8.21. The Kier molecular flexibility index (Phi) is 4.58. The van der Waals surface area contributed by atoms with Crippen LogP contribution >= 0.6 is 0 Å². The highest BCUT2D eigenvalue weighted by atomic mass is 16.2. The second kappa shape index (κ2) is 7.07. The van der Waals surface area contributed by atoms with Gasteiger partial charge in [-0.25, -0.2) is 4.98 Å². The second-order valence-corrected chi connectivity index (χ2v) is 7.20. The van der Waals surface area contributed by atoms with Gasteiger partial charge < -0.3 is 10.2 Å². The Morgan fingerprint density at radius 3 is 2.61 bits per heavy atom. The zero-order chi connectivity index (χ0) is 19.8. The predicted octanol–water partition coefficient (Wildman–Crippen LogP) is 2.64. The van der Waals surface area contributed by atoms with Crippen molar-refractivity contribution in [2.75, 3.05) is 11.4 Å². The minimum absolute atomic E-state index is 0.158. The first kappa shape index (κ1) is 18.2. The summed E-state index contributed by atoms with van der Waals surface area (Å²) in [5.41, 5.74) is 4.76. The standard InChI is InChI=1S/C21H23N5O2/c1-13-18(11-17-14(2)24-25(3)20(17)23-13)21(28)22-12-15-6-8-16(9-7-15)26-10-4-5-19(26)27/h6-9,11H,4-5,10,12H2,1-3H3,(H,22,28). The molecule has 1 aromatic carbocycles. The average Bonchev–Trinajstić information content (AvgIpc) is 3.22. The molecule has 28 heavy (non-hydrogen) atoms. The number of pyridine rings is 1. The van der Waals surface area contributed by atoms with Crippen LogP contribution in [-0.4, -0.2) is 33.1 Å². The molecule has 4 rings (SSSR count). The lowest BCUT2D eigenvalue weighted by Gasteiger charge is -2.16. The maximum atomic E-state index is 12.7. The van der Waals surface area contributed by atoms with E-state index in [2.05, 4.69) is 15.4 Å². The van der Waals surface area contributed by atoms with Crippen molar-refractivity contribution in [1.82, 2.24) is 20.1 Å². The zero-order valence-corrected chi connectivity index (χ0v) is 16.3. The van der Waals surface area contributed by atoms with Crippen LogP contribution in [0, 0.1) is 13.8 Å². The van der Waals surface area contributed by atoms with Crippen molar-refractivity contribution >= 4 is 28.5 Å². The van der Waals surface area contributed by atoms with Gasteiger partial charge in [-0.3, -0.25) is 14.3 Å². The number of rotatable bonds is 4. The molecule has 1 fully saturated rings. The molecule has 1 aliphatic heterocycles.